The first-order valence-corrected chi connectivity index (χ1v) is 11.4. The van der Waals surface area contributed by atoms with Crippen molar-refractivity contribution in [1.29, 1.82) is 0 Å². The van der Waals surface area contributed by atoms with Crippen LogP contribution in [0.4, 0.5) is 20.3 Å². The Labute approximate surface area is 205 Å². The van der Waals surface area contributed by atoms with Crippen molar-refractivity contribution < 1.29 is 23.3 Å². The molecule has 188 valence electrons. The van der Waals surface area contributed by atoms with Gasteiger partial charge in [0.05, 0.1) is 23.1 Å². The lowest BCUT2D eigenvalue weighted by molar-refractivity contribution is -0.392. The van der Waals surface area contributed by atoms with Crippen LogP contribution in [0.3, 0.4) is 0 Å². The fourth-order valence-corrected chi connectivity index (χ4v) is 4.80. The minimum Gasteiger partial charge on any atom is -0.365 e. The van der Waals surface area contributed by atoms with E-state index in [1.165, 1.54) is 19.1 Å². The summed E-state index contributed by atoms with van der Waals surface area (Å²) < 4.78 is 29.9. The van der Waals surface area contributed by atoms with Gasteiger partial charge in [0.25, 0.3) is 18.2 Å². The standard InChI is InChI=1S/C21H20F2N8O4S/c1-4-29-7-12(10(3)28-29)11-6-13(19(22)23)25-21-16(11)17(18(36-21)20(24)33)26-14(32)8-30-15(31(34)35)5-9(2)27-30/h5-7,19H,4,8H2,1-3H3,(H2,24,33)(H,26,32). The lowest BCUT2D eigenvalue weighted by atomic mass is 10.0. The Hall–Kier alpha value is -4.27. The molecule has 0 saturated heterocycles. The van der Waals surface area contributed by atoms with Gasteiger partial charge in [-0.05, 0) is 37.3 Å². The molecule has 3 N–H and O–H groups in total. The molecule has 0 radical (unpaired) electrons. The Morgan fingerprint density at radius 1 is 1.25 bits per heavy atom. The number of amides is 2. The van der Waals surface area contributed by atoms with Crippen LogP contribution in [0.1, 0.15) is 40.1 Å². The number of aryl methyl sites for hydroxylation is 3. The number of primary amides is 1. The number of nitro groups is 1. The second-order valence-electron chi connectivity index (χ2n) is 7.84. The van der Waals surface area contributed by atoms with Crippen molar-refractivity contribution in [3.8, 4) is 11.1 Å². The summed E-state index contributed by atoms with van der Waals surface area (Å²) in [5.74, 6) is -2.03. The van der Waals surface area contributed by atoms with E-state index >= 15 is 0 Å². The van der Waals surface area contributed by atoms with E-state index in [0.717, 1.165) is 16.0 Å². The minimum atomic E-state index is -2.89. The molecule has 0 saturated carbocycles. The molecule has 0 aromatic carbocycles. The normalized spacial score (nSPS) is 11.4. The number of pyridine rings is 1. The van der Waals surface area contributed by atoms with Gasteiger partial charge >= 0.3 is 5.82 Å². The van der Waals surface area contributed by atoms with Crippen molar-refractivity contribution in [2.75, 3.05) is 5.32 Å². The molecule has 0 aliphatic rings. The fourth-order valence-electron chi connectivity index (χ4n) is 3.79. The topological polar surface area (TPSA) is 164 Å². The van der Waals surface area contributed by atoms with Crippen LogP contribution in [0.2, 0.25) is 0 Å². The van der Waals surface area contributed by atoms with Crippen LogP contribution in [0.25, 0.3) is 21.3 Å². The number of fused-ring (bicyclic) bond motifs is 1. The number of nitrogens with zero attached hydrogens (tertiary/aromatic N) is 6. The van der Waals surface area contributed by atoms with Gasteiger partial charge in [0.1, 0.15) is 15.4 Å². The Morgan fingerprint density at radius 3 is 2.56 bits per heavy atom. The Balaban J connectivity index is 1.88. The number of aromatic nitrogens is 5. The van der Waals surface area contributed by atoms with E-state index in [4.69, 9.17) is 5.73 Å². The summed E-state index contributed by atoms with van der Waals surface area (Å²) in [5.41, 5.74) is 6.67. The molecule has 15 heteroatoms. The van der Waals surface area contributed by atoms with Gasteiger partial charge in [0, 0.05) is 23.7 Å². The Morgan fingerprint density at radius 2 is 1.97 bits per heavy atom. The van der Waals surface area contributed by atoms with E-state index in [1.807, 2.05) is 6.92 Å². The summed E-state index contributed by atoms with van der Waals surface area (Å²) in [7, 11) is 0. The molecule has 0 bridgehead atoms. The van der Waals surface area contributed by atoms with Gasteiger partial charge in [0.15, 0.2) is 6.54 Å². The zero-order chi connectivity index (χ0) is 26.3. The van der Waals surface area contributed by atoms with E-state index in [1.54, 1.807) is 17.8 Å². The number of alkyl halides is 2. The first kappa shape index (κ1) is 24.8. The summed E-state index contributed by atoms with van der Waals surface area (Å²) in [6.07, 6.45) is -1.22. The average Bonchev–Trinajstić information content (AvgIpc) is 3.47. The van der Waals surface area contributed by atoms with Gasteiger partial charge in [-0.25, -0.2) is 13.8 Å². The third-order valence-corrected chi connectivity index (χ3v) is 6.41. The maximum atomic E-state index is 13.7. The first-order valence-electron chi connectivity index (χ1n) is 10.6. The van der Waals surface area contributed by atoms with E-state index in [0.29, 0.717) is 23.5 Å². The molecular weight excluding hydrogens is 498 g/mol. The Kier molecular flexibility index (Phi) is 6.49. The van der Waals surface area contributed by atoms with Gasteiger partial charge in [-0.15, -0.1) is 16.0 Å². The van der Waals surface area contributed by atoms with Crippen molar-refractivity contribution in [3.05, 3.63) is 50.4 Å². The third kappa shape index (κ3) is 4.51. The molecule has 0 aliphatic heterocycles. The molecule has 4 aromatic rings. The monoisotopic (exact) mass is 518 g/mol. The molecule has 4 aromatic heterocycles. The van der Waals surface area contributed by atoms with E-state index < -0.39 is 35.4 Å². The molecule has 2 amide bonds. The summed E-state index contributed by atoms with van der Waals surface area (Å²) >= 11 is 0.760. The average molecular weight is 519 g/mol. The molecule has 4 rings (SSSR count). The van der Waals surface area contributed by atoms with Crippen LogP contribution in [-0.4, -0.2) is 41.3 Å². The first-order chi connectivity index (χ1) is 17.0. The zero-order valence-electron chi connectivity index (χ0n) is 19.3. The predicted octanol–water partition coefficient (Wildman–Crippen LogP) is 3.58. The number of rotatable bonds is 8. The number of carbonyl (C=O) groups excluding carboxylic acids is 2. The van der Waals surface area contributed by atoms with Gasteiger partial charge in [0.2, 0.25) is 0 Å². The van der Waals surface area contributed by atoms with Crippen LogP contribution in [-0.2, 0) is 17.9 Å². The van der Waals surface area contributed by atoms with Gasteiger partial charge in [-0.1, -0.05) is 5.10 Å². The highest BCUT2D eigenvalue weighted by Gasteiger charge is 2.27. The molecule has 0 fully saturated rings. The second-order valence-corrected chi connectivity index (χ2v) is 8.84. The molecule has 0 unspecified atom stereocenters. The number of carbonyl (C=O) groups is 2. The van der Waals surface area contributed by atoms with Crippen molar-refractivity contribution in [1.82, 2.24) is 24.5 Å². The van der Waals surface area contributed by atoms with E-state index in [9.17, 15) is 28.5 Å². The molecule has 0 atom stereocenters. The van der Waals surface area contributed by atoms with Gasteiger partial charge in [-0.3, -0.25) is 14.3 Å². The highest BCUT2D eigenvalue weighted by molar-refractivity contribution is 7.21. The summed E-state index contributed by atoms with van der Waals surface area (Å²) in [6, 6.07) is 2.40. The van der Waals surface area contributed by atoms with Crippen LogP contribution < -0.4 is 11.1 Å². The molecule has 0 spiro atoms. The number of halogens is 2. The van der Waals surface area contributed by atoms with Crippen molar-refractivity contribution >= 4 is 44.9 Å². The van der Waals surface area contributed by atoms with E-state index in [2.05, 4.69) is 20.5 Å². The summed E-state index contributed by atoms with van der Waals surface area (Å²) in [6.45, 7) is 5.09. The SMILES string of the molecule is CCn1cc(-c2cc(C(F)F)nc3sc(C(N)=O)c(NC(=O)Cn4nc(C)cc4[N+](=O)[O-])c23)c(C)n1. The second kappa shape index (κ2) is 9.41. The van der Waals surface area contributed by atoms with E-state index in [-0.39, 0.29) is 32.2 Å². The number of nitrogens with one attached hydrogen (secondary N) is 1. The highest BCUT2D eigenvalue weighted by Crippen LogP contribution is 2.43. The van der Waals surface area contributed by atoms with Gasteiger partial charge in [-0.2, -0.15) is 5.10 Å². The Bertz CT molecular complexity index is 1520. The van der Waals surface area contributed by atoms with Crippen molar-refractivity contribution in [3.63, 3.8) is 0 Å². The van der Waals surface area contributed by atoms with Crippen molar-refractivity contribution in [2.24, 2.45) is 5.73 Å². The molecule has 0 aliphatic carbocycles. The van der Waals surface area contributed by atoms with Crippen LogP contribution in [0.15, 0.2) is 18.3 Å². The number of thiophene rings is 1. The van der Waals surface area contributed by atoms with Crippen LogP contribution in [0.5, 0.6) is 0 Å². The maximum Gasteiger partial charge on any atom is 0.345 e. The predicted molar refractivity (Wildman–Crippen MR) is 127 cm³/mol. The van der Waals surface area contributed by atoms with Gasteiger partial charge < -0.3 is 21.2 Å². The third-order valence-electron chi connectivity index (χ3n) is 5.32. The fraction of sp³-hybridized carbons (Fsp3) is 0.286. The zero-order valence-corrected chi connectivity index (χ0v) is 20.1. The smallest absolute Gasteiger partial charge is 0.345 e. The largest absolute Gasteiger partial charge is 0.365 e. The lowest BCUT2D eigenvalue weighted by Crippen LogP contribution is -2.22. The highest BCUT2D eigenvalue weighted by atomic mass is 32.1. The molecule has 12 nitrogen and oxygen atoms in total. The van der Waals surface area contributed by atoms with Crippen LogP contribution >= 0.6 is 11.3 Å². The number of nitrogens with two attached hydrogens (primary N) is 1. The summed E-state index contributed by atoms with van der Waals surface area (Å²) in [5, 5.41) is 22.4. The molecule has 4 heterocycles. The molecule has 36 heavy (non-hydrogen) atoms. The molecular formula is C21H20F2N8O4S. The van der Waals surface area contributed by atoms with Crippen LogP contribution in [0, 0.1) is 24.0 Å². The van der Waals surface area contributed by atoms with Crippen molar-refractivity contribution in [2.45, 2.75) is 40.3 Å². The maximum absolute atomic E-state index is 13.7. The summed E-state index contributed by atoms with van der Waals surface area (Å²) in [4.78, 5) is 39.7. The quantitative estimate of drug-likeness (QED) is 0.266. The number of anilines is 1. The number of hydrogen-bond donors (Lipinski definition) is 2. The number of hydrogen-bond acceptors (Lipinski definition) is 8. The lowest BCUT2D eigenvalue weighted by Gasteiger charge is -2.10. The minimum absolute atomic E-state index is 0.0222.